The van der Waals surface area contributed by atoms with E-state index in [-0.39, 0.29) is 32.3 Å². The van der Waals surface area contributed by atoms with Crippen LogP contribution in [0.1, 0.15) is 258 Å². The minimum Gasteiger partial charge on any atom is -0.457 e. The second kappa shape index (κ2) is 50.7. The van der Waals surface area contributed by atoms with Crippen LogP contribution in [0.2, 0.25) is 0 Å². The number of hydrogen-bond acceptors (Lipinski definition) is 7. The van der Waals surface area contributed by atoms with Gasteiger partial charge in [0, 0.05) is 19.6 Å². The summed E-state index contributed by atoms with van der Waals surface area (Å²) in [5.41, 5.74) is 5.39. The van der Waals surface area contributed by atoms with Crippen molar-refractivity contribution >= 4 is 13.8 Å². The first-order chi connectivity index (χ1) is 30.4. The normalized spacial score (nSPS) is 13.5. The molecule has 9 heteroatoms. The Bertz CT molecular complexity index is 1050. The number of rotatable bonds is 51. The highest BCUT2D eigenvalue weighted by Gasteiger charge is 2.25. The van der Waals surface area contributed by atoms with Gasteiger partial charge >= 0.3 is 13.8 Å². The molecule has 0 rings (SSSR count). The van der Waals surface area contributed by atoms with Crippen molar-refractivity contribution in [1.82, 2.24) is 0 Å². The maximum absolute atomic E-state index is 12.7. The van der Waals surface area contributed by atoms with E-state index in [1.807, 2.05) is 0 Å². The Morgan fingerprint density at radius 3 is 1.27 bits per heavy atom. The van der Waals surface area contributed by atoms with E-state index in [2.05, 4.69) is 50.3 Å². The van der Waals surface area contributed by atoms with Crippen molar-refractivity contribution in [3.63, 3.8) is 0 Å². The number of hydrogen-bond donors (Lipinski definition) is 2. The molecule has 0 saturated carbocycles. The summed E-state index contributed by atoms with van der Waals surface area (Å²) in [6.45, 7) is 4.95. The van der Waals surface area contributed by atoms with E-state index < -0.39 is 13.9 Å². The molecule has 0 aromatic carbocycles. The third-order valence-electron chi connectivity index (χ3n) is 11.5. The topological polar surface area (TPSA) is 117 Å². The van der Waals surface area contributed by atoms with Crippen molar-refractivity contribution in [2.24, 2.45) is 5.73 Å². The molecular formula is C53H102NO7P. The van der Waals surface area contributed by atoms with Crippen LogP contribution in [0.3, 0.4) is 0 Å². The molecule has 0 aliphatic rings. The summed E-state index contributed by atoms with van der Waals surface area (Å²) in [5, 5.41) is 0. The average Bonchev–Trinajstić information content (AvgIpc) is 3.26. The maximum Gasteiger partial charge on any atom is 0.472 e. The fraction of sp³-hybridized carbons (Fsp3) is 0.868. The number of carbonyl (C=O) groups excluding carboxylic acids is 1. The van der Waals surface area contributed by atoms with E-state index in [0.717, 1.165) is 38.5 Å². The van der Waals surface area contributed by atoms with Gasteiger partial charge < -0.3 is 20.1 Å². The molecule has 62 heavy (non-hydrogen) atoms. The number of carbonyl (C=O) groups is 1. The van der Waals surface area contributed by atoms with Crippen molar-refractivity contribution in [1.29, 1.82) is 0 Å². The molecule has 0 saturated heterocycles. The van der Waals surface area contributed by atoms with Gasteiger partial charge in [0.2, 0.25) is 0 Å². The Hall–Kier alpha value is -1.28. The van der Waals surface area contributed by atoms with Crippen LogP contribution in [-0.4, -0.2) is 49.9 Å². The molecule has 0 aliphatic heterocycles. The van der Waals surface area contributed by atoms with Gasteiger partial charge in [0.1, 0.15) is 6.10 Å². The molecular weight excluding hydrogens is 794 g/mol. The first-order valence-corrected chi connectivity index (χ1v) is 28.0. The predicted molar refractivity (Wildman–Crippen MR) is 266 cm³/mol. The zero-order chi connectivity index (χ0) is 45.1. The fourth-order valence-corrected chi connectivity index (χ4v) is 8.38. The molecule has 2 atom stereocenters. The van der Waals surface area contributed by atoms with E-state index in [1.54, 1.807) is 0 Å². The minimum absolute atomic E-state index is 0.0958. The third kappa shape index (κ3) is 49.7. The summed E-state index contributed by atoms with van der Waals surface area (Å²) in [7, 11) is -4.28. The van der Waals surface area contributed by atoms with Crippen LogP contribution in [0.25, 0.3) is 0 Å². The van der Waals surface area contributed by atoms with Gasteiger partial charge in [0.15, 0.2) is 0 Å². The van der Waals surface area contributed by atoms with Gasteiger partial charge in [-0.2, -0.15) is 0 Å². The number of ether oxygens (including phenoxy) is 2. The van der Waals surface area contributed by atoms with E-state index >= 15 is 0 Å². The molecule has 0 aromatic rings. The number of allylic oxidation sites excluding steroid dienone is 6. The van der Waals surface area contributed by atoms with Crippen LogP contribution < -0.4 is 5.73 Å². The standard InChI is InChI=1S/C53H102NO7P/c1-3-5-7-9-11-13-15-17-19-21-23-25-27-29-31-33-35-37-39-41-43-45-48-58-50-52(51-60-62(56,57)59-49-47-54)61-53(55)46-44-42-40-38-36-34-32-30-28-26-24-22-20-18-16-14-12-10-8-6-4-2/h15,17,21-24,52H,3-14,16,18-20,25-51,54H2,1-2H3,(H,56,57)/b17-15-,23-21-,24-22-. The van der Waals surface area contributed by atoms with Gasteiger partial charge in [0.05, 0.1) is 19.8 Å². The van der Waals surface area contributed by atoms with Crippen molar-refractivity contribution in [2.75, 3.05) is 33.0 Å². The molecule has 0 fully saturated rings. The second-order valence-electron chi connectivity index (χ2n) is 17.7. The molecule has 0 heterocycles. The third-order valence-corrected chi connectivity index (χ3v) is 12.5. The van der Waals surface area contributed by atoms with Gasteiger partial charge in [-0.15, -0.1) is 0 Å². The van der Waals surface area contributed by atoms with E-state index in [1.165, 1.54) is 199 Å². The highest BCUT2D eigenvalue weighted by atomic mass is 31.2. The summed E-state index contributed by atoms with van der Waals surface area (Å²) in [6.07, 6.45) is 60.4. The Morgan fingerprint density at radius 2 is 0.855 bits per heavy atom. The zero-order valence-electron chi connectivity index (χ0n) is 40.9. The van der Waals surface area contributed by atoms with Crippen LogP contribution >= 0.6 is 7.82 Å². The molecule has 0 spiro atoms. The summed E-state index contributed by atoms with van der Waals surface area (Å²) >= 11 is 0. The van der Waals surface area contributed by atoms with Crippen molar-refractivity contribution in [3.05, 3.63) is 36.5 Å². The monoisotopic (exact) mass is 896 g/mol. The fourth-order valence-electron chi connectivity index (χ4n) is 7.61. The first kappa shape index (κ1) is 60.7. The molecule has 0 amide bonds. The van der Waals surface area contributed by atoms with Gasteiger partial charge in [-0.05, 0) is 70.6 Å². The molecule has 8 nitrogen and oxygen atoms in total. The smallest absolute Gasteiger partial charge is 0.457 e. The van der Waals surface area contributed by atoms with E-state index in [4.69, 9.17) is 24.3 Å². The molecule has 0 aromatic heterocycles. The number of phosphoric ester groups is 1. The Kier molecular flexibility index (Phi) is 49.7. The average molecular weight is 896 g/mol. The van der Waals surface area contributed by atoms with Crippen molar-refractivity contribution in [3.8, 4) is 0 Å². The van der Waals surface area contributed by atoms with E-state index in [9.17, 15) is 14.3 Å². The van der Waals surface area contributed by atoms with Gasteiger partial charge in [0.25, 0.3) is 0 Å². The van der Waals surface area contributed by atoms with Gasteiger partial charge in [-0.3, -0.25) is 13.8 Å². The van der Waals surface area contributed by atoms with Gasteiger partial charge in [-0.25, -0.2) is 4.57 Å². The largest absolute Gasteiger partial charge is 0.472 e. The van der Waals surface area contributed by atoms with Crippen LogP contribution in [0.15, 0.2) is 36.5 Å². The first-order valence-electron chi connectivity index (χ1n) is 26.5. The highest BCUT2D eigenvalue weighted by molar-refractivity contribution is 7.47. The summed E-state index contributed by atoms with van der Waals surface area (Å²) in [6, 6.07) is 0. The summed E-state index contributed by atoms with van der Waals surface area (Å²) in [4.78, 5) is 22.6. The molecule has 3 N–H and O–H groups in total. The minimum atomic E-state index is -4.28. The number of unbranched alkanes of at least 4 members (excludes halogenated alkanes) is 32. The number of nitrogens with two attached hydrogens (primary N) is 1. The van der Waals surface area contributed by atoms with E-state index in [0.29, 0.717) is 13.0 Å². The van der Waals surface area contributed by atoms with Crippen LogP contribution in [-0.2, 0) is 27.9 Å². The van der Waals surface area contributed by atoms with Crippen molar-refractivity contribution < 1.29 is 32.8 Å². The number of esters is 1. The van der Waals surface area contributed by atoms with Crippen LogP contribution in [0, 0.1) is 0 Å². The lowest BCUT2D eigenvalue weighted by atomic mass is 10.1. The lowest BCUT2D eigenvalue weighted by Gasteiger charge is -2.20. The molecule has 2 unspecified atom stereocenters. The predicted octanol–water partition coefficient (Wildman–Crippen LogP) is 16.5. The Labute approximate surface area is 384 Å². The lowest BCUT2D eigenvalue weighted by Crippen LogP contribution is -2.28. The highest BCUT2D eigenvalue weighted by Crippen LogP contribution is 2.43. The quantitative estimate of drug-likeness (QED) is 0.0268. The van der Waals surface area contributed by atoms with Crippen LogP contribution in [0.5, 0.6) is 0 Å². The maximum atomic E-state index is 12.7. The van der Waals surface area contributed by atoms with Gasteiger partial charge in [-0.1, -0.05) is 217 Å². The molecule has 0 bridgehead atoms. The number of phosphoric acid groups is 1. The SMILES string of the molecule is CCCCCCC/C=C\C/C=C\CCCCCCCCCCCCOCC(COP(=O)(O)OCCN)OC(=O)CCCCCCCCCCC/C=C\CCCCCCCCCC. The summed E-state index contributed by atoms with van der Waals surface area (Å²) in [5.74, 6) is -0.330. The molecule has 0 aliphatic carbocycles. The van der Waals surface area contributed by atoms with Crippen LogP contribution in [0.4, 0.5) is 0 Å². The Balaban J connectivity index is 3.92. The lowest BCUT2D eigenvalue weighted by molar-refractivity contribution is -0.154. The Morgan fingerprint density at radius 1 is 0.484 bits per heavy atom. The zero-order valence-corrected chi connectivity index (χ0v) is 41.8. The van der Waals surface area contributed by atoms with Crippen molar-refractivity contribution in [2.45, 2.75) is 264 Å². The second-order valence-corrected chi connectivity index (χ2v) is 19.2. The molecule has 366 valence electrons. The molecule has 0 radical (unpaired) electrons. The summed E-state index contributed by atoms with van der Waals surface area (Å²) < 4.78 is 33.6.